The van der Waals surface area contributed by atoms with Crippen molar-refractivity contribution in [1.82, 2.24) is 5.32 Å². The number of benzene rings is 1. The van der Waals surface area contributed by atoms with E-state index in [1.54, 1.807) is 6.07 Å². The number of carbonyl (C=O) groups is 1. The average molecular weight is 329 g/mol. The topological polar surface area (TPSA) is 55.1 Å². The van der Waals surface area contributed by atoms with Crippen LogP contribution in [0, 0.1) is 12.3 Å². The standard InChI is InChI=1S/C13H17BrN2OS/c1-8-4-9(6-10(14)5-8)11(17)16-7-13(2,3)12(15)18/h4-6H,7H2,1-3H3,(H2,15,18)(H,16,17). The fourth-order valence-corrected chi connectivity index (χ4v) is 2.04. The lowest BCUT2D eigenvalue weighted by Crippen LogP contribution is -2.41. The Morgan fingerprint density at radius 2 is 2.06 bits per heavy atom. The van der Waals surface area contributed by atoms with Crippen molar-refractivity contribution in [3.8, 4) is 0 Å². The Labute approximate surface area is 121 Å². The van der Waals surface area contributed by atoms with Crippen LogP contribution >= 0.6 is 28.1 Å². The van der Waals surface area contributed by atoms with Crippen LogP contribution in [0.3, 0.4) is 0 Å². The predicted molar refractivity (Wildman–Crippen MR) is 81.8 cm³/mol. The number of amides is 1. The van der Waals surface area contributed by atoms with Crippen LogP contribution < -0.4 is 11.1 Å². The van der Waals surface area contributed by atoms with Gasteiger partial charge < -0.3 is 11.1 Å². The van der Waals surface area contributed by atoms with Crippen LogP contribution in [0.25, 0.3) is 0 Å². The first-order valence-electron chi connectivity index (χ1n) is 5.58. The lowest BCUT2D eigenvalue weighted by molar-refractivity contribution is 0.0945. The number of aryl methyl sites for hydroxylation is 1. The molecule has 0 fully saturated rings. The van der Waals surface area contributed by atoms with Gasteiger partial charge in [-0.2, -0.15) is 0 Å². The summed E-state index contributed by atoms with van der Waals surface area (Å²) >= 11 is 8.34. The second kappa shape index (κ2) is 5.80. The third-order valence-electron chi connectivity index (χ3n) is 2.66. The Morgan fingerprint density at radius 1 is 1.44 bits per heavy atom. The van der Waals surface area contributed by atoms with E-state index in [-0.39, 0.29) is 11.3 Å². The van der Waals surface area contributed by atoms with Crippen molar-refractivity contribution in [2.45, 2.75) is 20.8 Å². The SMILES string of the molecule is Cc1cc(Br)cc(C(=O)NCC(C)(C)C(N)=S)c1. The molecule has 0 aliphatic heterocycles. The minimum Gasteiger partial charge on any atom is -0.393 e. The van der Waals surface area contributed by atoms with Gasteiger partial charge in [0.1, 0.15) is 0 Å². The summed E-state index contributed by atoms with van der Waals surface area (Å²) in [6.07, 6.45) is 0. The molecule has 0 saturated carbocycles. The molecular weight excluding hydrogens is 312 g/mol. The van der Waals surface area contributed by atoms with Gasteiger partial charge in [-0.3, -0.25) is 4.79 Å². The molecular formula is C13H17BrN2OS. The van der Waals surface area contributed by atoms with E-state index in [1.807, 2.05) is 32.9 Å². The lowest BCUT2D eigenvalue weighted by Gasteiger charge is -2.23. The molecule has 5 heteroatoms. The highest BCUT2D eigenvalue weighted by Gasteiger charge is 2.22. The maximum Gasteiger partial charge on any atom is 0.251 e. The molecule has 1 aromatic rings. The molecule has 0 aliphatic rings. The minimum absolute atomic E-state index is 0.122. The fourth-order valence-electron chi connectivity index (χ4n) is 1.36. The highest BCUT2D eigenvalue weighted by Crippen LogP contribution is 2.17. The molecule has 0 aromatic heterocycles. The van der Waals surface area contributed by atoms with Crippen LogP contribution in [0.2, 0.25) is 0 Å². The number of hydrogen-bond acceptors (Lipinski definition) is 2. The van der Waals surface area contributed by atoms with Crippen LogP contribution in [0.5, 0.6) is 0 Å². The summed E-state index contributed by atoms with van der Waals surface area (Å²) in [6.45, 7) is 6.18. The summed E-state index contributed by atoms with van der Waals surface area (Å²) in [5.74, 6) is -0.122. The number of rotatable bonds is 4. The molecule has 0 unspecified atom stereocenters. The summed E-state index contributed by atoms with van der Waals surface area (Å²) in [4.78, 5) is 12.4. The van der Waals surface area contributed by atoms with Gasteiger partial charge in [-0.15, -0.1) is 0 Å². The van der Waals surface area contributed by atoms with E-state index in [2.05, 4.69) is 21.2 Å². The van der Waals surface area contributed by atoms with E-state index < -0.39 is 0 Å². The quantitative estimate of drug-likeness (QED) is 0.835. The van der Waals surface area contributed by atoms with Crippen LogP contribution in [0.4, 0.5) is 0 Å². The zero-order chi connectivity index (χ0) is 13.9. The Bertz CT molecular complexity index is 466. The number of nitrogens with one attached hydrogen (secondary N) is 1. The molecule has 0 radical (unpaired) electrons. The summed E-state index contributed by atoms with van der Waals surface area (Å²) < 4.78 is 0.890. The molecule has 3 nitrogen and oxygen atoms in total. The van der Waals surface area contributed by atoms with E-state index in [9.17, 15) is 4.79 Å². The summed E-state index contributed by atoms with van der Waals surface area (Å²) in [5.41, 5.74) is 6.89. The van der Waals surface area contributed by atoms with E-state index in [4.69, 9.17) is 18.0 Å². The molecule has 0 bridgehead atoms. The van der Waals surface area contributed by atoms with Gasteiger partial charge in [0.15, 0.2) is 0 Å². The predicted octanol–water partition coefficient (Wildman–Crippen LogP) is 2.80. The van der Waals surface area contributed by atoms with Crippen molar-refractivity contribution >= 4 is 39.0 Å². The van der Waals surface area contributed by atoms with Crippen molar-refractivity contribution in [1.29, 1.82) is 0 Å². The largest absolute Gasteiger partial charge is 0.393 e. The molecule has 0 saturated heterocycles. The van der Waals surface area contributed by atoms with Crippen LogP contribution in [0.1, 0.15) is 29.8 Å². The van der Waals surface area contributed by atoms with Gasteiger partial charge >= 0.3 is 0 Å². The van der Waals surface area contributed by atoms with Crippen molar-refractivity contribution < 1.29 is 4.79 Å². The van der Waals surface area contributed by atoms with Crippen LogP contribution in [0.15, 0.2) is 22.7 Å². The molecule has 0 atom stereocenters. The first-order valence-corrected chi connectivity index (χ1v) is 6.78. The first-order chi connectivity index (χ1) is 8.22. The normalized spacial score (nSPS) is 11.1. The number of hydrogen-bond donors (Lipinski definition) is 2. The summed E-state index contributed by atoms with van der Waals surface area (Å²) in [6, 6.07) is 5.58. The maximum absolute atomic E-state index is 12.0. The van der Waals surface area contributed by atoms with E-state index in [0.717, 1.165) is 10.0 Å². The highest BCUT2D eigenvalue weighted by atomic mass is 79.9. The van der Waals surface area contributed by atoms with Crippen molar-refractivity contribution in [2.75, 3.05) is 6.54 Å². The number of thiocarbonyl (C=S) groups is 1. The molecule has 98 valence electrons. The molecule has 3 N–H and O–H groups in total. The zero-order valence-electron chi connectivity index (χ0n) is 10.7. The summed E-state index contributed by atoms with van der Waals surface area (Å²) in [7, 11) is 0. The molecule has 0 aliphatic carbocycles. The fraction of sp³-hybridized carbons (Fsp3) is 0.385. The van der Waals surface area contributed by atoms with Gasteiger partial charge in [0.05, 0.1) is 4.99 Å². The monoisotopic (exact) mass is 328 g/mol. The Kier molecular flexibility index (Phi) is 4.87. The summed E-state index contributed by atoms with van der Waals surface area (Å²) in [5, 5.41) is 2.85. The number of carbonyl (C=O) groups excluding carboxylic acids is 1. The van der Waals surface area contributed by atoms with Gasteiger partial charge in [-0.05, 0) is 30.7 Å². The average Bonchev–Trinajstić information content (AvgIpc) is 2.24. The highest BCUT2D eigenvalue weighted by molar-refractivity contribution is 9.10. The van der Waals surface area contributed by atoms with Gasteiger partial charge in [-0.25, -0.2) is 0 Å². The number of halogens is 1. The molecule has 18 heavy (non-hydrogen) atoms. The maximum atomic E-state index is 12.0. The Morgan fingerprint density at radius 3 is 2.56 bits per heavy atom. The molecule has 0 heterocycles. The van der Waals surface area contributed by atoms with Crippen LogP contribution in [-0.2, 0) is 0 Å². The first kappa shape index (κ1) is 15.1. The molecule has 1 amide bonds. The van der Waals surface area contributed by atoms with E-state index in [0.29, 0.717) is 17.1 Å². The number of nitrogens with two attached hydrogens (primary N) is 1. The Hall–Kier alpha value is -0.940. The van der Waals surface area contributed by atoms with Crippen LogP contribution in [-0.4, -0.2) is 17.4 Å². The Balaban J connectivity index is 2.75. The minimum atomic E-state index is -0.383. The zero-order valence-corrected chi connectivity index (χ0v) is 13.1. The van der Waals surface area contributed by atoms with Gasteiger partial charge in [-0.1, -0.05) is 42.0 Å². The van der Waals surface area contributed by atoms with Crippen molar-refractivity contribution in [3.05, 3.63) is 33.8 Å². The van der Waals surface area contributed by atoms with Gasteiger partial charge in [0.25, 0.3) is 5.91 Å². The second-order valence-corrected chi connectivity index (χ2v) is 6.30. The third kappa shape index (κ3) is 4.07. The smallest absolute Gasteiger partial charge is 0.251 e. The van der Waals surface area contributed by atoms with Crippen molar-refractivity contribution in [2.24, 2.45) is 11.1 Å². The second-order valence-electron chi connectivity index (χ2n) is 4.95. The van der Waals surface area contributed by atoms with E-state index >= 15 is 0 Å². The van der Waals surface area contributed by atoms with Gasteiger partial charge in [0, 0.05) is 22.0 Å². The molecule has 0 spiro atoms. The molecule has 1 rings (SSSR count). The van der Waals surface area contributed by atoms with Gasteiger partial charge in [0.2, 0.25) is 0 Å². The lowest BCUT2D eigenvalue weighted by atomic mass is 9.93. The molecule has 1 aromatic carbocycles. The third-order valence-corrected chi connectivity index (χ3v) is 3.67. The van der Waals surface area contributed by atoms with Crippen molar-refractivity contribution in [3.63, 3.8) is 0 Å². The van der Waals surface area contributed by atoms with E-state index in [1.165, 1.54) is 0 Å².